The molecule has 46 heavy (non-hydrogen) atoms. The lowest BCUT2D eigenvalue weighted by molar-refractivity contribution is -0.127. The molecule has 3 heterocycles. The van der Waals surface area contributed by atoms with E-state index in [-0.39, 0.29) is 42.3 Å². The van der Waals surface area contributed by atoms with Crippen molar-refractivity contribution >= 4 is 52.1 Å². The van der Waals surface area contributed by atoms with Crippen molar-refractivity contribution in [3.63, 3.8) is 0 Å². The summed E-state index contributed by atoms with van der Waals surface area (Å²) in [5, 5.41) is 0. The maximum Gasteiger partial charge on any atom is 0.323 e. The molecule has 242 valence electrons. The van der Waals surface area contributed by atoms with Crippen LogP contribution in [0.3, 0.4) is 0 Å². The molecule has 7 N–H and O–H groups in total. The van der Waals surface area contributed by atoms with E-state index in [9.17, 15) is 14.4 Å². The molecule has 2 amide bonds. The van der Waals surface area contributed by atoms with Crippen molar-refractivity contribution in [2.75, 3.05) is 11.4 Å². The number of hydrogen-bond donors (Lipinski definition) is 5. The Balaban J connectivity index is 0.00000417. The van der Waals surface area contributed by atoms with Gasteiger partial charge in [-0.2, -0.15) is 0 Å². The van der Waals surface area contributed by atoms with Gasteiger partial charge in [0.1, 0.15) is 17.4 Å². The first-order chi connectivity index (χ1) is 21.6. The van der Waals surface area contributed by atoms with Crippen molar-refractivity contribution in [3.8, 4) is 11.3 Å². The zero-order valence-electron chi connectivity index (χ0n) is 26.3. The Labute approximate surface area is 273 Å². The van der Waals surface area contributed by atoms with Crippen LogP contribution in [0.4, 0.5) is 5.69 Å². The van der Waals surface area contributed by atoms with Gasteiger partial charge >= 0.3 is 5.69 Å². The molecule has 3 aromatic heterocycles. The molecule has 6 rings (SSSR count). The SMILES string of the molecule is Cc1cc2nc(C(C)C)[nH]c2nc1-c1ccc(C[C@@H](C(N)=O)N(c2ccc3[nH]c(=O)[nH]c3c2)C(=O)[C@H]2CC[C@H](CN)CC2)cc1.Cl. The van der Waals surface area contributed by atoms with Crippen molar-refractivity contribution < 1.29 is 9.59 Å². The molecule has 0 aliphatic heterocycles. The number of fused-ring (bicyclic) bond motifs is 2. The number of carbonyl (C=O) groups excluding carboxylic acids is 2. The van der Waals surface area contributed by atoms with Crippen LogP contribution in [-0.2, 0) is 16.0 Å². The summed E-state index contributed by atoms with van der Waals surface area (Å²) in [5.41, 5.74) is 18.5. The van der Waals surface area contributed by atoms with Gasteiger partial charge in [0.15, 0.2) is 5.65 Å². The zero-order valence-corrected chi connectivity index (χ0v) is 27.1. The van der Waals surface area contributed by atoms with Gasteiger partial charge in [0.05, 0.1) is 16.7 Å². The van der Waals surface area contributed by atoms with Gasteiger partial charge in [-0.15, -0.1) is 12.4 Å². The lowest BCUT2D eigenvalue weighted by atomic mass is 9.81. The lowest BCUT2D eigenvalue weighted by Crippen LogP contribution is -2.52. The summed E-state index contributed by atoms with van der Waals surface area (Å²) in [4.78, 5) is 59.1. The lowest BCUT2D eigenvalue weighted by Gasteiger charge is -2.35. The number of nitrogens with zero attached hydrogens (tertiary/aromatic N) is 3. The summed E-state index contributed by atoms with van der Waals surface area (Å²) in [6.07, 6.45) is 3.36. The van der Waals surface area contributed by atoms with Crippen LogP contribution in [0.5, 0.6) is 0 Å². The first-order valence-corrected chi connectivity index (χ1v) is 15.6. The summed E-state index contributed by atoms with van der Waals surface area (Å²) in [6.45, 7) is 6.79. The van der Waals surface area contributed by atoms with Crippen LogP contribution in [0, 0.1) is 18.8 Å². The average Bonchev–Trinajstić information content (AvgIpc) is 3.62. The smallest absolute Gasteiger partial charge is 0.323 e. The number of H-pyrrole nitrogens is 3. The van der Waals surface area contributed by atoms with Crippen LogP contribution in [-0.4, -0.2) is 49.3 Å². The topological polar surface area (TPSA) is 180 Å². The summed E-state index contributed by atoms with van der Waals surface area (Å²) in [5.74, 6) is 0.570. The fraction of sp³-hybridized carbons (Fsp3) is 0.382. The molecule has 0 spiro atoms. The molecule has 11 nitrogen and oxygen atoms in total. The second kappa shape index (κ2) is 13.5. The van der Waals surface area contributed by atoms with Gasteiger partial charge in [-0.05, 0) is 80.5 Å². The second-order valence-corrected chi connectivity index (χ2v) is 12.6. The number of halogens is 1. The van der Waals surface area contributed by atoms with E-state index in [4.69, 9.17) is 16.5 Å². The number of pyridine rings is 1. The maximum atomic E-state index is 14.2. The Morgan fingerprint density at radius 2 is 1.65 bits per heavy atom. The molecule has 0 unspecified atom stereocenters. The van der Waals surface area contributed by atoms with E-state index in [0.717, 1.165) is 52.2 Å². The Bertz CT molecular complexity index is 1920. The van der Waals surface area contributed by atoms with E-state index >= 15 is 0 Å². The quantitative estimate of drug-likeness (QED) is 0.153. The average molecular weight is 645 g/mol. The van der Waals surface area contributed by atoms with Gasteiger partial charge < -0.3 is 26.4 Å². The highest BCUT2D eigenvalue weighted by Gasteiger charge is 2.36. The van der Waals surface area contributed by atoms with E-state index in [1.54, 1.807) is 23.1 Å². The number of amides is 2. The molecule has 0 radical (unpaired) electrons. The van der Waals surface area contributed by atoms with Gasteiger partial charge in [0.25, 0.3) is 0 Å². The van der Waals surface area contributed by atoms with Gasteiger partial charge in [0.2, 0.25) is 11.8 Å². The molecule has 1 saturated carbocycles. The van der Waals surface area contributed by atoms with Crippen LogP contribution in [0.2, 0.25) is 0 Å². The van der Waals surface area contributed by atoms with Crippen LogP contribution < -0.4 is 22.1 Å². The normalized spacial score (nSPS) is 17.2. The van der Waals surface area contributed by atoms with Gasteiger partial charge in [-0.1, -0.05) is 38.1 Å². The maximum absolute atomic E-state index is 14.2. The van der Waals surface area contributed by atoms with Crippen LogP contribution >= 0.6 is 12.4 Å². The fourth-order valence-corrected chi connectivity index (χ4v) is 6.43. The van der Waals surface area contributed by atoms with Crippen LogP contribution in [0.1, 0.15) is 62.4 Å². The highest BCUT2D eigenvalue weighted by atomic mass is 35.5. The molecule has 1 aliphatic carbocycles. The molecule has 0 saturated heterocycles. The Morgan fingerprint density at radius 3 is 2.30 bits per heavy atom. The number of hydrogen-bond acceptors (Lipinski definition) is 6. The van der Waals surface area contributed by atoms with E-state index in [1.165, 1.54) is 0 Å². The molecule has 2 aromatic carbocycles. The Hall–Kier alpha value is -4.48. The number of benzene rings is 2. The molecule has 1 atom stereocenters. The first kappa shape index (κ1) is 32.9. The number of primary amides is 1. The number of rotatable bonds is 9. The number of aromatic amines is 3. The number of carbonyl (C=O) groups is 2. The monoisotopic (exact) mass is 644 g/mol. The predicted octanol–water partition coefficient (Wildman–Crippen LogP) is 4.84. The molecule has 1 fully saturated rings. The Kier molecular flexibility index (Phi) is 9.64. The zero-order chi connectivity index (χ0) is 31.8. The van der Waals surface area contributed by atoms with Crippen molar-refractivity contribution in [3.05, 3.63) is 76.0 Å². The number of nitrogens with one attached hydrogen (secondary N) is 3. The molecular weight excluding hydrogens is 604 g/mol. The second-order valence-electron chi connectivity index (χ2n) is 12.6. The third-order valence-electron chi connectivity index (χ3n) is 9.07. The number of aromatic nitrogens is 5. The van der Waals surface area contributed by atoms with Gasteiger partial charge in [-0.3, -0.25) is 14.5 Å². The highest BCUT2D eigenvalue weighted by Crippen LogP contribution is 2.33. The third-order valence-corrected chi connectivity index (χ3v) is 9.07. The number of nitrogens with two attached hydrogens (primary N) is 2. The largest absolute Gasteiger partial charge is 0.368 e. The summed E-state index contributed by atoms with van der Waals surface area (Å²) in [7, 11) is 0. The van der Waals surface area contributed by atoms with E-state index in [0.29, 0.717) is 42.0 Å². The summed E-state index contributed by atoms with van der Waals surface area (Å²) < 4.78 is 0. The van der Waals surface area contributed by atoms with Gasteiger partial charge in [-0.25, -0.2) is 14.8 Å². The summed E-state index contributed by atoms with van der Waals surface area (Å²) in [6, 6.07) is 14.2. The van der Waals surface area contributed by atoms with Crippen molar-refractivity contribution in [1.29, 1.82) is 0 Å². The minimum absolute atomic E-state index is 0. The summed E-state index contributed by atoms with van der Waals surface area (Å²) >= 11 is 0. The molecule has 12 heteroatoms. The first-order valence-electron chi connectivity index (χ1n) is 15.6. The van der Waals surface area contributed by atoms with E-state index in [1.807, 2.05) is 37.3 Å². The van der Waals surface area contributed by atoms with Crippen molar-refractivity contribution in [1.82, 2.24) is 24.9 Å². The number of aryl methyl sites for hydroxylation is 1. The molecule has 1 aliphatic rings. The number of imidazole rings is 2. The van der Waals surface area contributed by atoms with E-state index < -0.39 is 11.9 Å². The minimum atomic E-state index is -0.936. The predicted molar refractivity (Wildman–Crippen MR) is 183 cm³/mol. The van der Waals surface area contributed by atoms with Crippen LogP contribution in [0.15, 0.2) is 53.3 Å². The standard InChI is InChI=1S/C34H40N8O3.ClH/c1-18(2)31-37-27-14-19(3)29(40-32(27)41-31)22-8-4-20(5-9-22)15-28(30(36)43)42(33(44)23-10-6-21(17-35)7-11-23)24-12-13-25-26(16-24)39-34(45)38-25;/h4-5,8-9,12-14,16,18,21,23,28H,6-7,10-11,15,17,35H2,1-3H3,(H2,36,43)(H,37,40,41)(H2,38,39,45);1H/t21-,23-,28-;/m0./s1. The molecule has 5 aromatic rings. The van der Waals surface area contributed by atoms with E-state index in [2.05, 4.69) is 33.8 Å². The molecule has 0 bridgehead atoms. The van der Waals surface area contributed by atoms with Crippen molar-refractivity contribution in [2.45, 2.75) is 64.8 Å². The fourth-order valence-electron chi connectivity index (χ4n) is 6.43. The van der Waals surface area contributed by atoms with Gasteiger partial charge in [0, 0.05) is 29.5 Å². The Morgan fingerprint density at radius 1 is 0.957 bits per heavy atom. The molecular formula is C34H41ClN8O3. The third kappa shape index (κ3) is 6.56. The number of anilines is 1. The highest BCUT2D eigenvalue weighted by molar-refractivity contribution is 6.02. The minimum Gasteiger partial charge on any atom is -0.368 e. The van der Waals surface area contributed by atoms with Crippen LogP contribution in [0.25, 0.3) is 33.5 Å². The van der Waals surface area contributed by atoms with Crippen molar-refractivity contribution in [2.24, 2.45) is 23.3 Å².